The Morgan fingerprint density at radius 2 is 2.00 bits per heavy atom. The first-order valence-corrected chi connectivity index (χ1v) is 7.52. The molecule has 18 heavy (non-hydrogen) atoms. The molecule has 0 aliphatic carbocycles. The number of amides is 1. The maximum absolute atomic E-state index is 11.3. The third-order valence-corrected chi connectivity index (χ3v) is 4.54. The van der Waals surface area contributed by atoms with Crippen molar-refractivity contribution in [3.8, 4) is 0 Å². The Kier molecular flexibility index (Phi) is 4.53. The molecule has 1 aromatic carbocycles. The van der Waals surface area contributed by atoms with Gasteiger partial charge in [-0.3, -0.25) is 4.79 Å². The first kappa shape index (κ1) is 13.3. The lowest BCUT2D eigenvalue weighted by Crippen LogP contribution is -2.24. The average Bonchev–Trinajstić information content (AvgIpc) is 2.77. The fourth-order valence-corrected chi connectivity index (χ4v) is 3.23. The third-order valence-electron chi connectivity index (χ3n) is 3.22. The maximum atomic E-state index is 11.3. The van der Waals surface area contributed by atoms with E-state index in [2.05, 4.69) is 17.6 Å². The van der Waals surface area contributed by atoms with Crippen LogP contribution in [0.3, 0.4) is 0 Å². The smallest absolute Gasteiger partial charge is 0.224 e. The molecule has 1 aliphatic rings. The second-order valence-corrected chi connectivity index (χ2v) is 6.08. The topological polar surface area (TPSA) is 41.1 Å². The summed E-state index contributed by atoms with van der Waals surface area (Å²) in [5.41, 5.74) is 1.99. The summed E-state index contributed by atoms with van der Waals surface area (Å²) in [6.07, 6.45) is 1.73. The lowest BCUT2D eigenvalue weighted by molar-refractivity contribution is -0.115. The number of carbonyl (C=O) groups is 1. The Labute approximate surface area is 113 Å². The van der Waals surface area contributed by atoms with Gasteiger partial charge in [0.05, 0.1) is 0 Å². The van der Waals surface area contributed by atoms with Gasteiger partial charge in [-0.2, -0.15) is 11.8 Å². The molecule has 2 unspecified atom stereocenters. The Hall–Kier alpha value is -1.16. The maximum Gasteiger partial charge on any atom is 0.224 e. The Morgan fingerprint density at radius 3 is 2.56 bits per heavy atom. The lowest BCUT2D eigenvalue weighted by atomic mass is 10.1. The minimum atomic E-state index is 0.0523. The molecule has 0 radical (unpaired) electrons. The first-order valence-electron chi connectivity index (χ1n) is 6.47. The van der Waals surface area contributed by atoms with Crippen LogP contribution >= 0.6 is 11.8 Å². The fourth-order valence-electron chi connectivity index (χ4n) is 2.03. The third kappa shape index (κ3) is 3.42. The summed E-state index contributed by atoms with van der Waals surface area (Å²) in [7, 11) is 0. The predicted octanol–water partition coefficient (Wildman–Crippen LogP) is 3.34. The van der Waals surface area contributed by atoms with Gasteiger partial charge >= 0.3 is 0 Å². The zero-order valence-electron chi connectivity index (χ0n) is 10.9. The van der Waals surface area contributed by atoms with Crippen LogP contribution < -0.4 is 10.6 Å². The molecule has 1 fully saturated rings. The summed E-state index contributed by atoms with van der Waals surface area (Å²) in [5, 5.41) is 7.07. The van der Waals surface area contributed by atoms with Crippen LogP contribution in [0.2, 0.25) is 0 Å². The van der Waals surface area contributed by atoms with Gasteiger partial charge in [0, 0.05) is 29.1 Å². The highest BCUT2D eigenvalue weighted by atomic mass is 32.2. The van der Waals surface area contributed by atoms with Crippen LogP contribution in [0.15, 0.2) is 24.3 Å². The van der Waals surface area contributed by atoms with Crippen molar-refractivity contribution in [1.82, 2.24) is 0 Å². The Morgan fingerprint density at radius 1 is 1.33 bits per heavy atom. The van der Waals surface area contributed by atoms with Crippen LogP contribution in [0.1, 0.15) is 26.7 Å². The highest BCUT2D eigenvalue weighted by Crippen LogP contribution is 2.29. The Balaban J connectivity index is 1.93. The van der Waals surface area contributed by atoms with Crippen LogP contribution in [0.5, 0.6) is 0 Å². The van der Waals surface area contributed by atoms with Crippen LogP contribution in [-0.4, -0.2) is 23.0 Å². The average molecular weight is 264 g/mol. The molecule has 0 aromatic heterocycles. The van der Waals surface area contributed by atoms with Gasteiger partial charge in [0.1, 0.15) is 0 Å². The molecule has 2 rings (SSSR count). The molecular formula is C14H20N2OS. The number of carbonyl (C=O) groups excluding carboxylic acids is 1. The summed E-state index contributed by atoms with van der Waals surface area (Å²) >= 11 is 2.02. The quantitative estimate of drug-likeness (QED) is 0.876. The molecule has 1 amide bonds. The van der Waals surface area contributed by atoms with Gasteiger partial charge < -0.3 is 10.6 Å². The SMILES string of the molecule is CCC(=O)Nc1ccc(NC2CCSC2C)cc1. The largest absolute Gasteiger partial charge is 0.381 e. The summed E-state index contributed by atoms with van der Waals surface area (Å²) in [6, 6.07) is 8.51. The van der Waals surface area contributed by atoms with Crippen LogP contribution in [-0.2, 0) is 4.79 Å². The summed E-state index contributed by atoms with van der Waals surface area (Å²) < 4.78 is 0. The van der Waals surface area contributed by atoms with Gasteiger partial charge in [0.15, 0.2) is 0 Å². The van der Waals surface area contributed by atoms with Crippen molar-refractivity contribution in [3.63, 3.8) is 0 Å². The number of nitrogens with one attached hydrogen (secondary N) is 2. The van der Waals surface area contributed by atoms with Crippen molar-refractivity contribution in [2.75, 3.05) is 16.4 Å². The van der Waals surface area contributed by atoms with Gasteiger partial charge in [-0.15, -0.1) is 0 Å². The van der Waals surface area contributed by atoms with E-state index in [0.717, 1.165) is 11.4 Å². The second kappa shape index (κ2) is 6.14. The molecule has 0 bridgehead atoms. The van der Waals surface area contributed by atoms with Gasteiger partial charge in [0.25, 0.3) is 0 Å². The van der Waals surface area contributed by atoms with E-state index in [0.29, 0.717) is 17.7 Å². The standard InChI is InChI=1S/C14H20N2OS/c1-3-14(17)16-12-6-4-11(5-7-12)15-13-8-9-18-10(13)2/h4-7,10,13,15H,3,8-9H2,1-2H3,(H,16,17). The van der Waals surface area contributed by atoms with Gasteiger partial charge in [-0.05, 0) is 36.4 Å². The minimum Gasteiger partial charge on any atom is -0.381 e. The van der Waals surface area contributed by atoms with Crippen molar-refractivity contribution < 1.29 is 4.79 Å². The van der Waals surface area contributed by atoms with E-state index in [1.807, 2.05) is 43.0 Å². The fraction of sp³-hybridized carbons (Fsp3) is 0.500. The molecule has 0 spiro atoms. The van der Waals surface area contributed by atoms with E-state index < -0.39 is 0 Å². The Bertz CT molecular complexity index is 405. The number of hydrogen-bond acceptors (Lipinski definition) is 3. The minimum absolute atomic E-state index is 0.0523. The highest BCUT2D eigenvalue weighted by Gasteiger charge is 2.23. The van der Waals surface area contributed by atoms with Crippen molar-refractivity contribution in [1.29, 1.82) is 0 Å². The normalized spacial score (nSPS) is 22.8. The molecule has 2 N–H and O–H groups in total. The van der Waals surface area contributed by atoms with E-state index >= 15 is 0 Å². The molecule has 3 nitrogen and oxygen atoms in total. The van der Waals surface area contributed by atoms with Gasteiger partial charge in [-0.1, -0.05) is 13.8 Å². The van der Waals surface area contributed by atoms with Gasteiger partial charge in [-0.25, -0.2) is 0 Å². The van der Waals surface area contributed by atoms with E-state index in [9.17, 15) is 4.79 Å². The second-order valence-electron chi connectivity index (χ2n) is 4.59. The van der Waals surface area contributed by atoms with Crippen LogP contribution in [0.4, 0.5) is 11.4 Å². The molecule has 4 heteroatoms. The number of anilines is 2. The monoisotopic (exact) mass is 264 g/mol. The van der Waals surface area contributed by atoms with Crippen LogP contribution in [0, 0.1) is 0 Å². The molecule has 1 aromatic rings. The molecule has 1 aliphatic heterocycles. The summed E-state index contributed by atoms with van der Waals surface area (Å²) in [6.45, 7) is 4.12. The molecule has 1 heterocycles. The molecule has 1 saturated heterocycles. The van der Waals surface area contributed by atoms with Crippen molar-refractivity contribution in [2.24, 2.45) is 0 Å². The van der Waals surface area contributed by atoms with E-state index in [1.165, 1.54) is 12.2 Å². The summed E-state index contributed by atoms with van der Waals surface area (Å²) in [5.74, 6) is 1.29. The van der Waals surface area contributed by atoms with E-state index in [-0.39, 0.29) is 5.91 Å². The zero-order chi connectivity index (χ0) is 13.0. The van der Waals surface area contributed by atoms with E-state index in [1.54, 1.807) is 0 Å². The molecule has 0 saturated carbocycles. The first-order chi connectivity index (χ1) is 8.69. The van der Waals surface area contributed by atoms with Crippen molar-refractivity contribution in [3.05, 3.63) is 24.3 Å². The predicted molar refractivity (Wildman–Crippen MR) is 79.3 cm³/mol. The van der Waals surface area contributed by atoms with E-state index in [4.69, 9.17) is 0 Å². The summed E-state index contributed by atoms with van der Waals surface area (Å²) in [4.78, 5) is 11.3. The highest BCUT2D eigenvalue weighted by molar-refractivity contribution is 8.00. The molecule has 98 valence electrons. The zero-order valence-corrected chi connectivity index (χ0v) is 11.7. The lowest BCUT2D eigenvalue weighted by Gasteiger charge is -2.18. The molecule has 2 atom stereocenters. The van der Waals surface area contributed by atoms with Crippen molar-refractivity contribution in [2.45, 2.75) is 38.0 Å². The van der Waals surface area contributed by atoms with Crippen molar-refractivity contribution >= 4 is 29.0 Å². The molecular weight excluding hydrogens is 244 g/mol. The number of hydrogen-bond donors (Lipinski definition) is 2. The van der Waals surface area contributed by atoms with Crippen LogP contribution in [0.25, 0.3) is 0 Å². The number of rotatable bonds is 4. The number of thioether (sulfide) groups is 1. The van der Waals surface area contributed by atoms with Gasteiger partial charge in [0.2, 0.25) is 5.91 Å². The number of benzene rings is 1.